The zero-order valence-electron chi connectivity index (χ0n) is 15.2. The Bertz CT molecular complexity index is 1030. The number of hydrogen-bond acceptors (Lipinski definition) is 5. The van der Waals surface area contributed by atoms with Crippen LogP contribution in [0.5, 0.6) is 0 Å². The van der Waals surface area contributed by atoms with Gasteiger partial charge in [0.1, 0.15) is 0 Å². The van der Waals surface area contributed by atoms with Crippen molar-refractivity contribution in [3.63, 3.8) is 0 Å². The fourth-order valence-corrected chi connectivity index (χ4v) is 4.70. The molecule has 0 spiro atoms. The number of aromatic nitrogens is 3. The number of hydrogen-bond donors (Lipinski definition) is 2. The first kappa shape index (κ1) is 17.9. The largest absolute Gasteiger partial charge is 0.382 e. The molecule has 7 nitrogen and oxygen atoms in total. The number of pyridine rings is 1. The number of benzene rings is 1. The van der Waals surface area contributed by atoms with E-state index >= 15 is 0 Å². The van der Waals surface area contributed by atoms with Crippen LogP contribution in [0.15, 0.2) is 42.9 Å². The fourth-order valence-electron chi connectivity index (χ4n) is 3.57. The van der Waals surface area contributed by atoms with Crippen molar-refractivity contribution in [2.45, 2.75) is 25.8 Å². The third-order valence-electron chi connectivity index (χ3n) is 5.14. The predicted molar refractivity (Wildman–Crippen MR) is 107 cm³/mol. The average molecular weight is 385 g/mol. The van der Waals surface area contributed by atoms with Gasteiger partial charge < -0.3 is 5.32 Å². The molecule has 2 N–H and O–H groups in total. The van der Waals surface area contributed by atoms with Gasteiger partial charge >= 0.3 is 0 Å². The lowest BCUT2D eigenvalue weighted by molar-refractivity contribution is 0.330. The van der Waals surface area contributed by atoms with Gasteiger partial charge in [-0.2, -0.15) is 5.10 Å². The molecule has 1 fully saturated rings. The zero-order chi connectivity index (χ0) is 18.9. The first-order chi connectivity index (χ1) is 13.1. The van der Waals surface area contributed by atoms with Crippen LogP contribution in [-0.4, -0.2) is 52.8 Å². The highest BCUT2D eigenvalue weighted by Gasteiger charge is 2.26. The molecule has 2 aromatic heterocycles. The zero-order valence-corrected chi connectivity index (χ0v) is 16.0. The molecule has 1 saturated heterocycles. The Morgan fingerprint density at radius 3 is 2.74 bits per heavy atom. The van der Waals surface area contributed by atoms with Crippen LogP contribution in [0.2, 0.25) is 0 Å². The molecule has 0 unspecified atom stereocenters. The highest BCUT2D eigenvalue weighted by Crippen LogP contribution is 2.31. The average Bonchev–Trinajstić information content (AvgIpc) is 3.23. The minimum atomic E-state index is -3.10. The summed E-state index contributed by atoms with van der Waals surface area (Å²) in [4.78, 5) is 4.27. The molecule has 3 heterocycles. The lowest BCUT2D eigenvalue weighted by atomic mass is 10.0. The third kappa shape index (κ3) is 3.68. The van der Waals surface area contributed by atoms with Gasteiger partial charge in [0.2, 0.25) is 10.0 Å². The summed E-state index contributed by atoms with van der Waals surface area (Å²) in [6.45, 7) is 2.81. The number of rotatable bonds is 5. The van der Waals surface area contributed by atoms with Gasteiger partial charge in [-0.05, 0) is 49.4 Å². The lowest BCUT2D eigenvalue weighted by Crippen LogP contribution is -2.42. The first-order valence-electron chi connectivity index (χ1n) is 9.18. The maximum Gasteiger partial charge on any atom is 0.213 e. The summed E-state index contributed by atoms with van der Waals surface area (Å²) in [5.74, 6) is 0.160. The Balaban J connectivity index is 1.59. The summed E-state index contributed by atoms with van der Waals surface area (Å²) >= 11 is 0. The monoisotopic (exact) mass is 385 g/mol. The molecule has 1 aliphatic rings. The van der Waals surface area contributed by atoms with E-state index in [9.17, 15) is 8.42 Å². The molecule has 1 aliphatic heterocycles. The van der Waals surface area contributed by atoms with E-state index in [2.05, 4.69) is 32.6 Å². The summed E-state index contributed by atoms with van der Waals surface area (Å²) in [6.07, 6.45) is 6.97. The van der Waals surface area contributed by atoms with Gasteiger partial charge in [-0.15, -0.1) is 0 Å². The molecule has 3 aromatic rings. The van der Waals surface area contributed by atoms with E-state index in [1.807, 2.05) is 18.3 Å². The van der Waals surface area contributed by atoms with E-state index in [1.54, 1.807) is 23.6 Å². The summed E-state index contributed by atoms with van der Waals surface area (Å²) < 4.78 is 25.7. The number of nitrogens with one attached hydrogen (secondary N) is 2. The SMILES string of the molecule is CCS(=O)(=O)N1CCC(Nc2cc(-c3ccn[nH]3)cc3ccncc23)CC1. The van der Waals surface area contributed by atoms with Crippen molar-refractivity contribution in [1.82, 2.24) is 19.5 Å². The van der Waals surface area contributed by atoms with Crippen LogP contribution in [0.25, 0.3) is 22.0 Å². The van der Waals surface area contributed by atoms with Crippen LogP contribution < -0.4 is 5.32 Å². The lowest BCUT2D eigenvalue weighted by Gasteiger charge is -2.32. The molecule has 4 rings (SSSR count). The molecule has 0 aliphatic carbocycles. The van der Waals surface area contributed by atoms with Gasteiger partial charge in [0, 0.05) is 54.4 Å². The highest BCUT2D eigenvalue weighted by molar-refractivity contribution is 7.89. The fraction of sp³-hybridized carbons (Fsp3) is 0.368. The van der Waals surface area contributed by atoms with Crippen molar-refractivity contribution >= 4 is 26.5 Å². The van der Waals surface area contributed by atoms with Gasteiger partial charge in [-0.1, -0.05) is 0 Å². The number of nitrogens with zero attached hydrogens (tertiary/aromatic N) is 3. The summed E-state index contributed by atoms with van der Waals surface area (Å²) in [5.41, 5.74) is 3.03. The van der Waals surface area contributed by atoms with Crippen molar-refractivity contribution < 1.29 is 8.42 Å². The van der Waals surface area contributed by atoms with E-state index in [0.29, 0.717) is 13.1 Å². The summed E-state index contributed by atoms with van der Waals surface area (Å²) in [6, 6.07) is 8.39. The molecule has 0 radical (unpaired) electrons. The van der Waals surface area contributed by atoms with Crippen LogP contribution in [0.3, 0.4) is 0 Å². The smallest absolute Gasteiger partial charge is 0.213 e. The summed E-state index contributed by atoms with van der Waals surface area (Å²) in [7, 11) is -3.10. The second-order valence-corrected chi connectivity index (χ2v) is 9.07. The van der Waals surface area contributed by atoms with Crippen LogP contribution in [0.4, 0.5) is 5.69 Å². The number of fused-ring (bicyclic) bond motifs is 1. The standard InChI is InChI=1S/C19H23N5O2S/c1-2-27(25,26)24-9-5-16(6-10-24)22-19-12-15(18-4-8-21-23-18)11-14-3-7-20-13-17(14)19/h3-4,7-8,11-13,16,22H,2,5-6,9-10H2,1H3,(H,21,23). The predicted octanol–water partition coefficient (Wildman–Crippen LogP) is 2.85. The third-order valence-corrected chi connectivity index (χ3v) is 7.02. The molecule has 8 heteroatoms. The maximum absolute atomic E-state index is 12.1. The second-order valence-electron chi connectivity index (χ2n) is 6.81. The minimum Gasteiger partial charge on any atom is -0.382 e. The van der Waals surface area contributed by atoms with E-state index in [4.69, 9.17) is 0 Å². The van der Waals surface area contributed by atoms with Gasteiger partial charge in [0.05, 0.1) is 11.4 Å². The van der Waals surface area contributed by atoms with Gasteiger partial charge in [0.15, 0.2) is 0 Å². The Morgan fingerprint density at radius 1 is 1.22 bits per heavy atom. The van der Waals surface area contributed by atoms with Gasteiger partial charge in [-0.3, -0.25) is 10.1 Å². The molecular formula is C19H23N5O2S. The Kier molecular flexibility index (Phi) is 4.84. The molecule has 0 atom stereocenters. The van der Waals surface area contributed by atoms with Crippen molar-refractivity contribution in [3.8, 4) is 11.3 Å². The van der Waals surface area contributed by atoms with Crippen molar-refractivity contribution in [2.75, 3.05) is 24.2 Å². The van der Waals surface area contributed by atoms with Gasteiger partial charge in [-0.25, -0.2) is 12.7 Å². The number of H-pyrrole nitrogens is 1. The molecule has 1 aromatic carbocycles. The number of aromatic amines is 1. The topological polar surface area (TPSA) is 91.0 Å². The van der Waals surface area contributed by atoms with Crippen LogP contribution in [0, 0.1) is 0 Å². The normalized spacial score (nSPS) is 16.6. The van der Waals surface area contributed by atoms with Crippen LogP contribution >= 0.6 is 0 Å². The van der Waals surface area contributed by atoms with E-state index in [0.717, 1.165) is 40.6 Å². The second kappa shape index (κ2) is 7.28. The Morgan fingerprint density at radius 2 is 2.04 bits per heavy atom. The van der Waals surface area contributed by atoms with Gasteiger partial charge in [0.25, 0.3) is 0 Å². The highest BCUT2D eigenvalue weighted by atomic mass is 32.2. The van der Waals surface area contributed by atoms with Crippen molar-refractivity contribution in [2.24, 2.45) is 0 Å². The molecule has 27 heavy (non-hydrogen) atoms. The van der Waals surface area contributed by atoms with E-state index in [-0.39, 0.29) is 11.8 Å². The maximum atomic E-state index is 12.1. The number of anilines is 1. The Labute approximate surface area is 158 Å². The van der Waals surface area contributed by atoms with Crippen LogP contribution in [-0.2, 0) is 10.0 Å². The number of sulfonamides is 1. The van der Waals surface area contributed by atoms with Crippen molar-refractivity contribution in [3.05, 3.63) is 42.9 Å². The molecule has 0 saturated carbocycles. The molecular weight excluding hydrogens is 362 g/mol. The quantitative estimate of drug-likeness (QED) is 0.705. The minimum absolute atomic E-state index is 0.160. The molecule has 142 valence electrons. The van der Waals surface area contributed by atoms with E-state index < -0.39 is 10.0 Å². The van der Waals surface area contributed by atoms with Crippen molar-refractivity contribution in [1.29, 1.82) is 0 Å². The summed E-state index contributed by atoms with van der Waals surface area (Å²) in [5, 5.41) is 12.8. The number of piperidine rings is 1. The first-order valence-corrected chi connectivity index (χ1v) is 10.8. The van der Waals surface area contributed by atoms with E-state index in [1.165, 1.54) is 0 Å². The molecule has 0 bridgehead atoms. The Hall–Kier alpha value is -2.45. The molecule has 0 amide bonds. The van der Waals surface area contributed by atoms with Crippen LogP contribution in [0.1, 0.15) is 19.8 Å².